The Balaban J connectivity index is 2.09. The summed E-state index contributed by atoms with van der Waals surface area (Å²) in [7, 11) is 1.50. The Morgan fingerprint density at radius 3 is 2.24 bits per heavy atom. The van der Waals surface area contributed by atoms with Crippen molar-refractivity contribution in [2.45, 2.75) is 12.6 Å². The average Bonchev–Trinajstić information content (AvgIpc) is 2.55. The summed E-state index contributed by atoms with van der Waals surface area (Å²) in [5, 5.41) is 4.23. The van der Waals surface area contributed by atoms with Crippen molar-refractivity contribution in [3.8, 4) is 5.75 Å². The molecule has 0 saturated carbocycles. The summed E-state index contributed by atoms with van der Waals surface area (Å²) in [6, 6.07) is 12.5. The van der Waals surface area contributed by atoms with Crippen LogP contribution in [-0.4, -0.2) is 25.1 Å². The second kappa shape index (κ2) is 7.69. The number of para-hydroxylation sites is 2. The van der Waals surface area contributed by atoms with Gasteiger partial charge in [-0.1, -0.05) is 24.3 Å². The van der Waals surface area contributed by atoms with E-state index in [2.05, 4.69) is 5.32 Å². The molecule has 0 atom stereocenters. The second-order valence-corrected chi connectivity index (χ2v) is 5.07. The molecule has 2 N–H and O–H groups in total. The molecule has 0 bridgehead atoms. The van der Waals surface area contributed by atoms with Crippen LogP contribution in [0.1, 0.15) is 5.56 Å². The summed E-state index contributed by atoms with van der Waals surface area (Å²) >= 11 is 0. The van der Waals surface area contributed by atoms with Crippen LogP contribution in [0.2, 0.25) is 0 Å². The molecule has 0 fully saturated rings. The van der Waals surface area contributed by atoms with Crippen molar-refractivity contribution in [1.29, 1.82) is 0 Å². The number of halogens is 3. The van der Waals surface area contributed by atoms with E-state index in [0.29, 0.717) is 11.3 Å². The van der Waals surface area contributed by atoms with E-state index in [-0.39, 0.29) is 17.8 Å². The molecule has 2 amide bonds. The van der Waals surface area contributed by atoms with E-state index < -0.39 is 18.0 Å². The van der Waals surface area contributed by atoms with Gasteiger partial charge in [-0.15, -0.1) is 0 Å². The molecule has 0 aliphatic rings. The van der Waals surface area contributed by atoms with Crippen LogP contribution in [0.4, 0.5) is 24.5 Å². The topological polar surface area (TPSA) is 67.4 Å². The Bertz CT molecular complexity index is 776. The van der Waals surface area contributed by atoms with Gasteiger partial charge in [-0.2, -0.15) is 13.2 Å². The molecule has 8 heteroatoms. The molecule has 132 valence electrons. The van der Waals surface area contributed by atoms with Gasteiger partial charge in [0.1, 0.15) is 5.75 Å². The number of methoxy groups -OCH3 is 1. The van der Waals surface area contributed by atoms with Gasteiger partial charge in [0.25, 0.3) is 0 Å². The smallest absolute Gasteiger partial charge is 0.471 e. The van der Waals surface area contributed by atoms with Crippen LogP contribution in [0.25, 0.3) is 0 Å². The first-order chi connectivity index (χ1) is 11.8. The van der Waals surface area contributed by atoms with Gasteiger partial charge in [0.2, 0.25) is 5.91 Å². The summed E-state index contributed by atoms with van der Waals surface area (Å²) in [6.07, 6.45) is -5.02. The highest BCUT2D eigenvalue weighted by molar-refractivity contribution is 6.01. The Labute approximate surface area is 141 Å². The predicted molar refractivity (Wildman–Crippen MR) is 86.5 cm³/mol. The van der Waals surface area contributed by atoms with E-state index in [1.165, 1.54) is 31.4 Å². The zero-order chi connectivity index (χ0) is 18.4. The molecule has 0 radical (unpaired) electrons. The lowest BCUT2D eigenvalue weighted by molar-refractivity contribution is -0.167. The normalized spacial score (nSPS) is 10.9. The minimum absolute atomic E-state index is 0.00124. The van der Waals surface area contributed by atoms with E-state index in [4.69, 9.17) is 4.74 Å². The fraction of sp³-hybridized carbons (Fsp3) is 0.176. The van der Waals surface area contributed by atoms with Crippen molar-refractivity contribution in [3.63, 3.8) is 0 Å². The van der Waals surface area contributed by atoms with Crippen molar-refractivity contribution in [2.24, 2.45) is 0 Å². The molecule has 0 saturated heterocycles. The fourth-order valence-electron chi connectivity index (χ4n) is 2.06. The van der Waals surface area contributed by atoms with E-state index in [0.717, 1.165) is 0 Å². The zero-order valence-electron chi connectivity index (χ0n) is 13.2. The number of alkyl halides is 3. The molecule has 0 aromatic heterocycles. The third-order valence-corrected chi connectivity index (χ3v) is 3.21. The highest BCUT2D eigenvalue weighted by Gasteiger charge is 2.39. The second-order valence-electron chi connectivity index (χ2n) is 5.07. The Kier molecular flexibility index (Phi) is 5.63. The predicted octanol–water partition coefficient (Wildman–Crippen LogP) is 3.38. The number of carbonyl (C=O) groups excluding carboxylic acids is 2. The zero-order valence-corrected chi connectivity index (χ0v) is 13.2. The lowest BCUT2D eigenvalue weighted by Crippen LogP contribution is -2.30. The van der Waals surface area contributed by atoms with Crippen LogP contribution in [0.5, 0.6) is 5.75 Å². The van der Waals surface area contributed by atoms with Gasteiger partial charge in [-0.25, -0.2) is 0 Å². The molecule has 0 aliphatic heterocycles. The Morgan fingerprint density at radius 2 is 1.64 bits per heavy atom. The maximum absolute atomic E-state index is 12.4. The number of ether oxygens (including phenoxy) is 1. The molecular formula is C17H15F3N2O3. The average molecular weight is 352 g/mol. The van der Waals surface area contributed by atoms with E-state index in [1.807, 2.05) is 0 Å². The fourth-order valence-corrected chi connectivity index (χ4v) is 2.06. The quantitative estimate of drug-likeness (QED) is 0.867. The molecule has 2 aromatic carbocycles. The molecule has 0 unspecified atom stereocenters. The molecule has 0 aliphatic carbocycles. The largest absolute Gasteiger partial charge is 0.497 e. The maximum atomic E-state index is 12.4. The minimum atomic E-state index is -5.02. The number of carbonyl (C=O) groups is 2. The molecule has 2 aromatic rings. The van der Waals surface area contributed by atoms with Crippen LogP contribution >= 0.6 is 0 Å². The number of rotatable bonds is 5. The van der Waals surface area contributed by atoms with Crippen molar-refractivity contribution >= 4 is 23.2 Å². The summed E-state index contributed by atoms with van der Waals surface area (Å²) in [5.41, 5.74) is 0.616. The summed E-state index contributed by atoms with van der Waals surface area (Å²) in [5.74, 6) is -1.97. The minimum Gasteiger partial charge on any atom is -0.497 e. The number of hydrogen-bond acceptors (Lipinski definition) is 3. The Morgan fingerprint density at radius 1 is 1.00 bits per heavy atom. The number of anilines is 2. The van der Waals surface area contributed by atoms with Crippen LogP contribution in [0, 0.1) is 0 Å². The molecule has 2 rings (SSSR count). The summed E-state index contributed by atoms with van der Waals surface area (Å²) < 4.78 is 42.2. The monoisotopic (exact) mass is 352 g/mol. The molecule has 25 heavy (non-hydrogen) atoms. The van der Waals surface area contributed by atoms with Gasteiger partial charge in [0, 0.05) is 0 Å². The van der Waals surface area contributed by atoms with Crippen LogP contribution in [0.15, 0.2) is 48.5 Å². The molecular weight excluding hydrogens is 337 g/mol. The number of hydrogen-bond donors (Lipinski definition) is 2. The first kappa shape index (κ1) is 18.3. The van der Waals surface area contributed by atoms with E-state index in [9.17, 15) is 22.8 Å². The van der Waals surface area contributed by atoms with Gasteiger partial charge in [-0.3, -0.25) is 9.59 Å². The first-order valence-corrected chi connectivity index (χ1v) is 7.19. The van der Waals surface area contributed by atoms with Crippen LogP contribution < -0.4 is 15.4 Å². The van der Waals surface area contributed by atoms with Gasteiger partial charge >= 0.3 is 12.1 Å². The standard InChI is InChI=1S/C17H15F3N2O3/c1-25-12-6-4-5-11(9-12)10-15(23)21-13-7-2-3-8-14(13)22-16(24)17(18,19)20/h2-9H,10H2,1H3,(H,21,23)(H,22,24). The van der Waals surface area contributed by atoms with E-state index in [1.54, 1.807) is 29.6 Å². The van der Waals surface area contributed by atoms with Gasteiger partial charge in [-0.05, 0) is 29.8 Å². The lowest BCUT2D eigenvalue weighted by Gasteiger charge is -2.13. The van der Waals surface area contributed by atoms with Gasteiger partial charge < -0.3 is 15.4 Å². The lowest BCUT2D eigenvalue weighted by atomic mass is 10.1. The van der Waals surface area contributed by atoms with Crippen molar-refractivity contribution < 1.29 is 27.5 Å². The number of amides is 2. The molecule has 5 nitrogen and oxygen atoms in total. The van der Waals surface area contributed by atoms with Crippen LogP contribution in [0.3, 0.4) is 0 Å². The first-order valence-electron chi connectivity index (χ1n) is 7.19. The highest BCUT2D eigenvalue weighted by Crippen LogP contribution is 2.24. The third kappa shape index (κ3) is 5.23. The SMILES string of the molecule is COc1cccc(CC(=O)Nc2ccccc2NC(=O)C(F)(F)F)c1. The molecule has 0 spiro atoms. The van der Waals surface area contributed by atoms with Crippen molar-refractivity contribution in [2.75, 3.05) is 17.7 Å². The Hall–Kier alpha value is -3.03. The van der Waals surface area contributed by atoms with Gasteiger partial charge in [0.05, 0.1) is 24.9 Å². The van der Waals surface area contributed by atoms with Crippen molar-refractivity contribution in [3.05, 3.63) is 54.1 Å². The van der Waals surface area contributed by atoms with E-state index >= 15 is 0 Å². The third-order valence-electron chi connectivity index (χ3n) is 3.21. The molecule has 0 heterocycles. The van der Waals surface area contributed by atoms with Crippen LogP contribution in [-0.2, 0) is 16.0 Å². The highest BCUT2D eigenvalue weighted by atomic mass is 19.4. The summed E-state index contributed by atoms with van der Waals surface area (Å²) in [6.45, 7) is 0. The number of benzene rings is 2. The van der Waals surface area contributed by atoms with Crippen molar-refractivity contribution in [1.82, 2.24) is 0 Å². The van der Waals surface area contributed by atoms with Gasteiger partial charge in [0.15, 0.2) is 0 Å². The summed E-state index contributed by atoms with van der Waals surface area (Å²) in [4.78, 5) is 23.2. The number of nitrogens with one attached hydrogen (secondary N) is 2. The maximum Gasteiger partial charge on any atom is 0.471 e.